The van der Waals surface area contributed by atoms with Crippen molar-refractivity contribution in [1.29, 1.82) is 0 Å². The van der Waals surface area contributed by atoms with Gasteiger partial charge in [0.15, 0.2) is 0 Å². The molecule has 6 heteroatoms. The third kappa shape index (κ3) is 8.19. The fourth-order valence-corrected chi connectivity index (χ4v) is 3.03. The van der Waals surface area contributed by atoms with Crippen LogP contribution < -0.4 is 5.32 Å². The van der Waals surface area contributed by atoms with Gasteiger partial charge in [-0.05, 0) is 31.9 Å². The normalized spacial score (nSPS) is 12.4. The summed E-state index contributed by atoms with van der Waals surface area (Å²) in [5, 5.41) is 3.32. The standard InChI is InChI=1S/C15H22ClNO3S/c1-12(2)20-9-5-8-17-15(18)11-21(19)10-13-6-3-4-7-14(13)16/h3-4,6-7,12H,5,8-11H2,1-2H3,(H,17,18)/t21-/m1/s1. The van der Waals surface area contributed by atoms with E-state index in [2.05, 4.69) is 5.32 Å². The Hall–Kier alpha value is -0.910. The van der Waals surface area contributed by atoms with E-state index in [1.165, 1.54) is 0 Å². The van der Waals surface area contributed by atoms with Crippen LogP contribution in [0, 0.1) is 0 Å². The van der Waals surface area contributed by atoms with E-state index in [0.29, 0.717) is 23.9 Å². The van der Waals surface area contributed by atoms with Crippen LogP contribution in [0.1, 0.15) is 25.8 Å². The highest BCUT2D eigenvalue weighted by molar-refractivity contribution is 7.84. The van der Waals surface area contributed by atoms with Gasteiger partial charge in [0.25, 0.3) is 0 Å². The minimum absolute atomic E-state index is 0.00371. The Morgan fingerprint density at radius 1 is 1.38 bits per heavy atom. The maximum atomic E-state index is 11.9. The zero-order valence-electron chi connectivity index (χ0n) is 12.4. The van der Waals surface area contributed by atoms with Gasteiger partial charge >= 0.3 is 0 Å². The molecule has 0 bridgehead atoms. The van der Waals surface area contributed by atoms with E-state index in [-0.39, 0.29) is 17.8 Å². The van der Waals surface area contributed by atoms with Crippen LogP contribution in [0.4, 0.5) is 0 Å². The van der Waals surface area contributed by atoms with Crippen LogP contribution in [0.25, 0.3) is 0 Å². The zero-order valence-corrected chi connectivity index (χ0v) is 14.0. The van der Waals surface area contributed by atoms with Crippen molar-refractivity contribution in [3.8, 4) is 0 Å². The summed E-state index contributed by atoms with van der Waals surface area (Å²) >= 11 is 6.00. The van der Waals surface area contributed by atoms with Gasteiger partial charge in [-0.15, -0.1) is 0 Å². The lowest BCUT2D eigenvalue weighted by Gasteiger charge is -2.08. The average molecular weight is 332 g/mol. The van der Waals surface area contributed by atoms with Gasteiger partial charge in [-0.2, -0.15) is 0 Å². The molecule has 0 unspecified atom stereocenters. The fraction of sp³-hybridized carbons (Fsp3) is 0.533. The quantitative estimate of drug-likeness (QED) is 0.707. The van der Waals surface area contributed by atoms with Gasteiger partial charge in [-0.1, -0.05) is 29.8 Å². The first-order chi connectivity index (χ1) is 9.99. The summed E-state index contributed by atoms with van der Waals surface area (Å²) in [4.78, 5) is 11.6. The number of carbonyl (C=O) groups is 1. The zero-order chi connectivity index (χ0) is 15.7. The SMILES string of the molecule is CC(C)OCCCNC(=O)C[S@](=O)Cc1ccccc1Cl. The van der Waals surface area contributed by atoms with Gasteiger partial charge < -0.3 is 10.1 Å². The van der Waals surface area contributed by atoms with E-state index in [4.69, 9.17) is 16.3 Å². The minimum Gasteiger partial charge on any atom is -0.379 e. The third-order valence-electron chi connectivity index (χ3n) is 2.66. The molecule has 21 heavy (non-hydrogen) atoms. The smallest absolute Gasteiger partial charge is 0.232 e. The van der Waals surface area contributed by atoms with Crippen molar-refractivity contribution in [2.24, 2.45) is 0 Å². The van der Waals surface area contributed by atoms with E-state index >= 15 is 0 Å². The van der Waals surface area contributed by atoms with Crippen LogP contribution >= 0.6 is 11.6 Å². The summed E-state index contributed by atoms with van der Waals surface area (Å²) in [7, 11) is -1.25. The van der Waals surface area contributed by atoms with Gasteiger partial charge in [-0.3, -0.25) is 9.00 Å². The van der Waals surface area contributed by atoms with Gasteiger partial charge in [0, 0.05) is 29.0 Å². The maximum Gasteiger partial charge on any atom is 0.232 e. The maximum absolute atomic E-state index is 11.9. The van der Waals surface area contributed by atoms with E-state index < -0.39 is 10.8 Å². The van der Waals surface area contributed by atoms with Crippen molar-refractivity contribution in [3.05, 3.63) is 34.9 Å². The van der Waals surface area contributed by atoms with Crippen LogP contribution in [0.3, 0.4) is 0 Å². The molecule has 4 nitrogen and oxygen atoms in total. The summed E-state index contributed by atoms with van der Waals surface area (Å²) in [5.41, 5.74) is 0.802. The molecule has 0 fully saturated rings. The Labute approximate surface area is 133 Å². The molecule has 1 amide bonds. The molecule has 0 aliphatic carbocycles. The number of halogens is 1. The summed E-state index contributed by atoms with van der Waals surface area (Å²) in [6, 6.07) is 7.23. The van der Waals surface area contributed by atoms with Crippen molar-refractivity contribution in [2.45, 2.75) is 32.1 Å². The molecule has 1 aromatic rings. The Balaban J connectivity index is 2.22. The monoisotopic (exact) mass is 331 g/mol. The molecule has 1 aromatic carbocycles. The first-order valence-electron chi connectivity index (χ1n) is 6.95. The predicted octanol–water partition coefficient (Wildman–Crippen LogP) is 2.52. The molecule has 0 radical (unpaired) electrons. The molecular weight excluding hydrogens is 310 g/mol. The predicted molar refractivity (Wildman–Crippen MR) is 86.9 cm³/mol. The molecule has 1 rings (SSSR count). The number of benzene rings is 1. The lowest BCUT2D eigenvalue weighted by molar-refractivity contribution is -0.118. The van der Waals surface area contributed by atoms with Gasteiger partial charge in [0.1, 0.15) is 5.75 Å². The molecule has 0 saturated carbocycles. The second-order valence-electron chi connectivity index (χ2n) is 4.94. The van der Waals surface area contributed by atoms with Crippen LogP contribution in [0.2, 0.25) is 5.02 Å². The Morgan fingerprint density at radius 3 is 2.76 bits per heavy atom. The van der Waals surface area contributed by atoms with Gasteiger partial charge in [-0.25, -0.2) is 0 Å². The molecule has 0 aromatic heterocycles. The Bertz CT molecular complexity index is 480. The molecule has 0 aliphatic rings. The lowest BCUT2D eigenvalue weighted by atomic mass is 10.2. The molecule has 0 aliphatic heterocycles. The summed E-state index contributed by atoms with van der Waals surface area (Å²) in [5.74, 6) is 0.0877. The van der Waals surface area contributed by atoms with Crippen molar-refractivity contribution >= 4 is 28.3 Å². The lowest BCUT2D eigenvalue weighted by Crippen LogP contribution is -2.30. The third-order valence-corrected chi connectivity index (χ3v) is 4.25. The fourth-order valence-electron chi connectivity index (χ4n) is 1.66. The largest absolute Gasteiger partial charge is 0.379 e. The first-order valence-corrected chi connectivity index (χ1v) is 8.82. The van der Waals surface area contributed by atoms with Crippen molar-refractivity contribution in [3.63, 3.8) is 0 Å². The number of rotatable bonds is 9. The molecule has 118 valence electrons. The number of nitrogens with one attached hydrogen (secondary N) is 1. The van der Waals surface area contributed by atoms with Gasteiger partial charge in [0.2, 0.25) is 5.91 Å². The summed E-state index contributed by atoms with van der Waals surface area (Å²) in [6.45, 7) is 5.09. The summed E-state index contributed by atoms with van der Waals surface area (Å²) < 4.78 is 17.3. The van der Waals surface area contributed by atoms with Crippen LogP contribution in [-0.2, 0) is 26.1 Å². The topological polar surface area (TPSA) is 55.4 Å². The molecule has 0 heterocycles. The number of hydrogen-bond donors (Lipinski definition) is 1. The minimum atomic E-state index is -1.25. The molecule has 0 saturated heterocycles. The Kier molecular flexibility index (Phi) is 8.57. The number of amides is 1. The first kappa shape index (κ1) is 18.1. The Morgan fingerprint density at radius 2 is 2.10 bits per heavy atom. The second kappa shape index (κ2) is 9.92. The average Bonchev–Trinajstić information content (AvgIpc) is 2.40. The second-order valence-corrected chi connectivity index (χ2v) is 6.81. The summed E-state index contributed by atoms with van der Waals surface area (Å²) in [6.07, 6.45) is 0.949. The van der Waals surface area contributed by atoms with Gasteiger partial charge in [0.05, 0.1) is 11.9 Å². The number of hydrogen-bond acceptors (Lipinski definition) is 3. The molecule has 0 spiro atoms. The van der Waals surface area contributed by atoms with E-state index in [9.17, 15) is 9.00 Å². The van der Waals surface area contributed by atoms with Crippen LogP contribution in [-0.4, -0.2) is 35.1 Å². The van der Waals surface area contributed by atoms with Crippen molar-refractivity contribution in [2.75, 3.05) is 18.9 Å². The molecule has 1 atom stereocenters. The highest BCUT2D eigenvalue weighted by Crippen LogP contribution is 2.16. The highest BCUT2D eigenvalue weighted by atomic mass is 35.5. The van der Waals surface area contributed by atoms with Crippen LogP contribution in [0.5, 0.6) is 0 Å². The van der Waals surface area contributed by atoms with Crippen LogP contribution in [0.15, 0.2) is 24.3 Å². The highest BCUT2D eigenvalue weighted by Gasteiger charge is 2.10. The van der Waals surface area contributed by atoms with Crippen molar-refractivity contribution < 1.29 is 13.7 Å². The van der Waals surface area contributed by atoms with E-state index in [1.807, 2.05) is 32.0 Å². The van der Waals surface area contributed by atoms with E-state index in [0.717, 1.165) is 12.0 Å². The molecule has 1 N–H and O–H groups in total. The number of carbonyl (C=O) groups excluding carboxylic acids is 1. The van der Waals surface area contributed by atoms with E-state index in [1.54, 1.807) is 6.07 Å². The van der Waals surface area contributed by atoms with Crippen molar-refractivity contribution in [1.82, 2.24) is 5.32 Å². The molecular formula is C15H22ClNO3S. The number of ether oxygens (including phenoxy) is 1.